The first-order valence-corrected chi connectivity index (χ1v) is 8.74. The molecule has 7 nitrogen and oxygen atoms in total. The highest BCUT2D eigenvalue weighted by Crippen LogP contribution is 2.24. The standard InChI is InChI=1S/C19H21N5O2/c1-26-16-8-4-7-15(12-16)20-18(25)14-6-5-10-23(13-14)19-22-21-17-9-2-3-11-24(17)19/h2-4,7-9,11-12,14H,5-6,10,13H2,1H3,(H,20,25). The summed E-state index contributed by atoms with van der Waals surface area (Å²) < 4.78 is 7.17. The third-order valence-electron chi connectivity index (χ3n) is 4.71. The number of hydrogen-bond donors (Lipinski definition) is 1. The summed E-state index contributed by atoms with van der Waals surface area (Å²) in [5, 5.41) is 11.5. The molecule has 134 valence electrons. The van der Waals surface area contributed by atoms with Crippen molar-refractivity contribution < 1.29 is 9.53 Å². The van der Waals surface area contributed by atoms with Gasteiger partial charge in [-0.3, -0.25) is 9.20 Å². The molecule has 1 fully saturated rings. The van der Waals surface area contributed by atoms with Crippen molar-refractivity contribution >= 4 is 23.2 Å². The van der Waals surface area contributed by atoms with Crippen LogP contribution in [-0.4, -0.2) is 40.7 Å². The lowest BCUT2D eigenvalue weighted by Crippen LogP contribution is -2.41. The molecular formula is C19H21N5O2. The second kappa shape index (κ2) is 7.03. The van der Waals surface area contributed by atoms with Crippen molar-refractivity contribution in [3.8, 4) is 5.75 Å². The van der Waals surface area contributed by atoms with Crippen molar-refractivity contribution in [2.45, 2.75) is 12.8 Å². The maximum atomic E-state index is 12.7. The molecule has 26 heavy (non-hydrogen) atoms. The third-order valence-corrected chi connectivity index (χ3v) is 4.71. The fourth-order valence-corrected chi connectivity index (χ4v) is 3.36. The van der Waals surface area contributed by atoms with E-state index in [1.54, 1.807) is 7.11 Å². The predicted molar refractivity (Wildman–Crippen MR) is 99.5 cm³/mol. The number of aromatic nitrogens is 3. The van der Waals surface area contributed by atoms with Crippen LogP contribution >= 0.6 is 0 Å². The summed E-state index contributed by atoms with van der Waals surface area (Å²) in [6.45, 7) is 1.50. The Morgan fingerprint density at radius 2 is 2.15 bits per heavy atom. The molecular weight excluding hydrogens is 330 g/mol. The minimum atomic E-state index is -0.0917. The van der Waals surface area contributed by atoms with Gasteiger partial charge in [-0.05, 0) is 37.1 Å². The van der Waals surface area contributed by atoms with Gasteiger partial charge in [0.25, 0.3) is 0 Å². The molecule has 3 heterocycles. The van der Waals surface area contributed by atoms with Crippen LogP contribution in [0, 0.1) is 5.92 Å². The maximum absolute atomic E-state index is 12.7. The summed E-state index contributed by atoms with van der Waals surface area (Å²) in [5.41, 5.74) is 1.56. The van der Waals surface area contributed by atoms with Crippen LogP contribution in [0.3, 0.4) is 0 Å². The van der Waals surface area contributed by atoms with Crippen LogP contribution in [0.1, 0.15) is 12.8 Å². The quantitative estimate of drug-likeness (QED) is 0.782. The van der Waals surface area contributed by atoms with Crippen LogP contribution in [0.5, 0.6) is 5.75 Å². The zero-order chi connectivity index (χ0) is 17.9. The first-order chi connectivity index (χ1) is 12.7. The highest BCUT2D eigenvalue weighted by atomic mass is 16.5. The van der Waals surface area contributed by atoms with Gasteiger partial charge in [-0.2, -0.15) is 0 Å². The fraction of sp³-hybridized carbons (Fsp3) is 0.316. The summed E-state index contributed by atoms with van der Waals surface area (Å²) in [7, 11) is 1.61. The van der Waals surface area contributed by atoms with Crippen LogP contribution in [-0.2, 0) is 4.79 Å². The number of anilines is 2. The number of piperidine rings is 1. The molecule has 0 spiro atoms. The predicted octanol–water partition coefficient (Wildman–Crippen LogP) is 2.59. The van der Waals surface area contributed by atoms with Gasteiger partial charge in [0.05, 0.1) is 13.0 Å². The Balaban J connectivity index is 1.48. The molecule has 2 aromatic heterocycles. The van der Waals surface area contributed by atoms with Gasteiger partial charge in [0.2, 0.25) is 11.9 Å². The molecule has 1 aliphatic heterocycles. The van der Waals surface area contributed by atoms with Crippen molar-refractivity contribution in [1.82, 2.24) is 14.6 Å². The number of rotatable bonds is 4. The molecule has 0 radical (unpaired) electrons. The molecule has 1 aliphatic rings. The minimum Gasteiger partial charge on any atom is -0.497 e. The van der Waals surface area contributed by atoms with E-state index in [9.17, 15) is 4.79 Å². The number of methoxy groups -OCH3 is 1. The van der Waals surface area contributed by atoms with Crippen molar-refractivity contribution in [2.75, 3.05) is 30.4 Å². The summed E-state index contributed by atoms with van der Waals surface area (Å²) in [5.74, 6) is 1.45. The minimum absolute atomic E-state index is 0.0248. The Morgan fingerprint density at radius 3 is 3.04 bits per heavy atom. The van der Waals surface area contributed by atoms with Crippen LogP contribution in [0.15, 0.2) is 48.7 Å². The number of pyridine rings is 1. The molecule has 1 amide bonds. The van der Waals surface area contributed by atoms with Gasteiger partial charge in [-0.25, -0.2) is 0 Å². The summed E-state index contributed by atoms with van der Waals surface area (Å²) in [6.07, 6.45) is 3.76. The van der Waals surface area contributed by atoms with Crippen LogP contribution < -0.4 is 15.0 Å². The number of nitrogens with zero attached hydrogens (tertiary/aromatic N) is 4. The average molecular weight is 351 g/mol. The molecule has 1 aromatic carbocycles. The zero-order valence-electron chi connectivity index (χ0n) is 14.6. The number of benzene rings is 1. The number of carbonyl (C=O) groups excluding carboxylic acids is 1. The van der Waals surface area contributed by atoms with Crippen molar-refractivity contribution in [3.05, 3.63) is 48.7 Å². The molecule has 1 atom stereocenters. The fourth-order valence-electron chi connectivity index (χ4n) is 3.36. The van der Waals surface area contributed by atoms with Gasteiger partial charge in [0, 0.05) is 31.0 Å². The van der Waals surface area contributed by atoms with E-state index in [2.05, 4.69) is 20.4 Å². The maximum Gasteiger partial charge on any atom is 0.231 e. The van der Waals surface area contributed by atoms with Crippen LogP contribution in [0.25, 0.3) is 5.65 Å². The lowest BCUT2D eigenvalue weighted by Gasteiger charge is -2.32. The van der Waals surface area contributed by atoms with Gasteiger partial charge >= 0.3 is 0 Å². The molecule has 0 aliphatic carbocycles. The van der Waals surface area contributed by atoms with E-state index in [0.29, 0.717) is 6.54 Å². The molecule has 1 unspecified atom stereocenters. The zero-order valence-corrected chi connectivity index (χ0v) is 14.6. The van der Waals surface area contributed by atoms with Gasteiger partial charge in [0.15, 0.2) is 5.65 Å². The summed E-state index contributed by atoms with van der Waals surface area (Å²) in [4.78, 5) is 14.9. The van der Waals surface area contributed by atoms with Crippen molar-refractivity contribution in [1.29, 1.82) is 0 Å². The smallest absolute Gasteiger partial charge is 0.231 e. The number of ether oxygens (including phenoxy) is 1. The Hall–Kier alpha value is -3.09. The molecule has 3 aromatic rings. The Morgan fingerprint density at radius 1 is 1.23 bits per heavy atom. The van der Waals surface area contributed by atoms with E-state index >= 15 is 0 Å². The summed E-state index contributed by atoms with van der Waals surface area (Å²) >= 11 is 0. The molecule has 0 saturated carbocycles. The SMILES string of the molecule is COc1cccc(NC(=O)C2CCCN(c3nnc4ccccn34)C2)c1. The van der Waals surface area contributed by atoms with E-state index in [1.165, 1.54) is 0 Å². The van der Waals surface area contributed by atoms with Crippen molar-refractivity contribution in [3.63, 3.8) is 0 Å². The highest BCUT2D eigenvalue weighted by Gasteiger charge is 2.28. The number of carbonyl (C=O) groups is 1. The van der Waals surface area contributed by atoms with E-state index in [1.807, 2.05) is 53.1 Å². The van der Waals surface area contributed by atoms with E-state index in [4.69, 9.17) is 4.74 Å². The number of nitrogens with one attached hydrogen (secondary N) is 1. The molecule has 1 N–H and O–H groups in total. The second-order valence-electron chi connectivity index (χ2n) is 6.44. The number of fused-ring (bicyclic) bond motifs is 1. The Labute approximate surface area is 151 Å². The first-order valence-electron chi connectivity index (χ1n) is 8.74. The van der Waals surface area contributed by atoms with E-state index < -0.39 is 0 Å². The Bertz CT molecular complexity index is 923. The molecule has 1 saturated heterocycles. The van der Waals surface area contributed by atoms with Gasteiger partial charge in [-0.1, -0.05) is 12.1 Å². The number of hydrogen-bond acceptors (Lipinski definition) is 5. The lowest BCUT2D eigenvalue weighted by molar-refractivity contribution is -0.120. The van der Waals surface area contributed by atoms with Gasteiger partial charge in [-0.15, -0.1) is 10.2 Å². The average Bonchev–Trinajstić information content (AvgIpc) is 3.12. The largest absolute Gasteiger partial charge is 0.497 e. The van der Waals surface area contributed by atoms with Crippen LogP contribution in [0.4, 0.5) is 11.6 Å². The van der Waals surface area contributed by atoms with Crippen molar-refractivity contribution in [2.24, 2.45) is 5.92 Å². The normalized spacial score (nSPS) is 17.3. The lowest BCUT2D eigenvalue weighted by atomic mass is 9.97. The molecule has 7 heteroatoms. The van der Waals surface area contributed by atoms with E-state index in [-0.39, 0.29) is 11.8 Å². The second-order valence-corrected chi connectivity index (χ2v) is 6.44. The van der Waals surface area contributed by atoms with Gasteiger partial charge in [0.1, 0.15) is 5.75 Å². The van der Waals surface area contributed by atoms with E-state index in [0.717, 1.165) is 42.4 Å². The monoisotopic (exact) mass is 351 g/mol. The van der Waals surface area contributed by atoms with Gasteiger partial charge < -0.3 is 15.0 Å². The summed E-state index contributed by atoms with van der Waals surface area (Å²) in [6, 6.07) is 13.2. The molecule has 0 bridgehead atoms. The molecule has 4 rings (SSSR count). The Kier molecular flexibility index (Phi) is 4.43. The number of amides is 1. The first kappa shape index (κ1) is 16.4. The third kappa shape index (κ3) is 3.20. The van der Waals surface area contributed by atoms with Crippen LogP contribution in [0.2, 0.25) is 0 Å². The topological polar surface area (TPSA) is 71.8 Å². The highest BCUT2D eigenvalue weighted by molar-refractivity contribution is 5.93.